The molecule has 3 nitrogen and oxygen atoms in total. The van der Waals surface area contributed by atoms with Gasteiger partial charge in [-0.2, -0.15) is 0 Å². The molecule has 12 aromatic rings. The van der Waals surface area contributed by atoms with Crippen molar-refractivity contribution in [2.45, 2.75) is 0 Å². The fourth-order valence-electron chi connectivity index (χ4n) is 8.84. The minimum Gasteiger partial charge on any atom is -0.456 e. The van der Waals surface area contributed by atoms with Gasteiger partial charge in [-0.25, -0.2) is 0 Å². The molecule has 0 saturated heterocycles. The van der Waals surface area contributed by atoms with Gasteiger partial charge in [0.25, 0.3) is 0 Å². The quantitative estimate of drug-likeness (QED) is 0.176. The van der Waals surface area contributed by atoms with Gasteiger partial charge in [-0.05, 0) is 88.6 Å². The van der Waals surface area contributed by atoms with E-state index in [1.54, 1.807) is 0 Å². The van der Waals surface area contributed by atoms with Gasteiger partial charge < -0.3 is 13.9 Å². The highest BCUT2D eigenvalue weighted by Gasteiger charge is 2.21. The third kappa shape index (κ3) is 4.70. The zero-order chi connectivity index (χ0) is 36.7. The van der Waals surface area contributed by atoms with Crippen molar-refractivity contribution in [3.8, 4) is 16.8 Å². The van der Waals surface area contributed by atoms with Gasteiger partial charge in [-0.3, -0.25) is 0 Å². The number of anilines is 3. The SMILES string of the molecule is c1ccc2c(-c3ccc(N(c4ccc5c(c4)oc4ccc(-n6c7ccccc7c7ccccc76)cc45)c4cccc5c4sc4ccccc45)cc3)cccc2c1. The molecule has 0 aliphatic rings. The van der Waals surface area contributed by atoms with Gasteiger partial charge in [0.1, 0.15) is 11.2 Å². The highest BCUT2D eigenvalue weighted by Crippen LogP contribution is 2.46. The van der Waals surface area contributed by atoms with E-state index in [2.05, 4.69) is 204 Å². The van der Waals surface area contributed by atoms with E-state index in [-0.39, 0.29) is 0 Å². The number of nitrogens with zero attached hydrogens (tertiary/aromatic N) is 2. The Labute approximate surface area is 326 Å². The van der Waals surface area contributed by atoms with Crippen molar-refractivity contribution in [3.05, 3.63) is 194 Å². The summed E-state index contributed by atoms with van der Waals surface area (Å²) in [6.45, 7) is 0. The maximum Gasteiger partial charge on any atom is 0.137 e. The number of thiophene rings is 1. The highest BCUT2D eigenvalue weighted by atomic mass is 32.1. The number of rotatable bonds is 5. The molecule has 0 atom stereocenters. The molecule has 4 heteroatoms. The topological polar surface area (TPSA) is 21.3 Å². The summed E-state index contributed by atoms with van der Waals surface area (Å²) in [5.41, 5.74) is 10.9. The second-order valence-corrected chi connectivity index (χ2v) is 15.5. The van der Waals surface area contributed by atoms with E-state index in [1.807, 2.05) is 11.3 Å². The summed E-state index contributed by atoms with van der Waals surface area (Å²) in [6, 6.07) is 70.1. The standard InChI is InChI=1S/C52H32N2OS/c1-2-13-38-33(11-1)12-9-17-39(38)34-23-25-35(26-24-34)53(48-21-10-18-44-43-16-5-8-22-51(43)56-52(44)48)37-27-29-42-45-31-36(28-30-49(45)55-50(42)32-37)54-46-19-6-3-14-40(46)41-15-4-7-20-47(41)54/h1-32H. The fraction of sp³-hybridized carbons (Fsp3) is 0. The molecular formula is C52H32N2OS. The number of aromatic nitrogens is 1. The van der Waals surface area contributed by atoms with Gasteiger partial charge in [0.15, 0.2) is 0 Å². The zero-order valence-corrected chi connectivity index (χ0v) is 31.0. The molecule has 262 valence electrons. The van der Waals surface area contributed by atoms with Crippen molar-refractivity contribution in [3.63, 3.8) is 0 Å². The van der Waals surface area contributed by atoms with Crippen LogP contribution in [-0.2, 0) is 0 Å². The van der Waals surface area contributed by atoms with Crippen LogP contribution in [0.4, 0.5) is 17.1 Å². The predicted molar refractivity (Wildman–Crippen MR) is 239 cm³/mol. The molecule has 0 saturated carbocycles. The number of hydrogen-bond donors (Lipinski definition) is 0. The molecule has 0 aliphatic heterocycles. The summed E-state index contributed by atoms with van der Waals surface area (Å²) in [5.74, 6) is 0. The molecule has 0 N–H and O–H groups in total. The number of para-hydroxylation sites is 2. The first-order chi connectivity index (χ1) is 27.8. The molecular weight excluding hydrogens is 701 g/mol. The van der Waals surface area contributed by atoms with Crippen LogP contribution in [0.5, 0.6) is 0 Å². The van der Waals surface area contributed by atoms with Crippen molar-refractivity contribution in [1.29, 1.82) is 0 Å². The van der Waals surface area contributed by atoms with Crippen molar-refractivity contribution < 1.29 is 4.42 Å². The number of benzene rings is 9. The monoisotopic (exact) mass is 732 g/mol. The molecule has 3 aromatic heterocycles. The second-order valence-electron chi connectivity index (χ2n) is 14.5. The number of hydrogen-bond acceptors (Lipinski definition) is 3. The lowest BCUT2D eigenvalue weighted by Crippen LogP contribution is -2.10. The molecule has 0 aliphatic carbocycles. The van der Waals surface area contributed by atoms with Crippen LogP contribution in [0.1, 0.15) is 0 Å². The first kappa shape index (κ1) is 31.2. The van der Waals surface area contributed by atoms with Gasteiger partial charge in [0.2, 0.25) is 0 Å². The molecule has 12 rings (SSSR count). The summed E-state index contributed by atoms with van der Waals surface area (Å²) in [6.07, 6.45) is 0. The van der Waals surface area contributed by atoms with Crippen LogP contribution in [0.15, 0.2) is 199 Å². The van der Waals surface area contributed by atoms with Crippen LogP contribution >= 0.6 is 11.3 Å². The van der Waals surface area contributed by atoms with Crippen molar-refractivity contribution in [1.82, 2.24) is 4.57 Å². The van der Waals surface area contributed by atoms with E-state index in [4.69, 9.17) is 4.42 Å². The Bertz CT molecular complexity index is 3440. The van der Waals surface area contributed by atoms with E-state index in [9.17, 15) is 0 Å². The average molecular weight is 733 g/mol. The zero-order valence-electron chi connectivity index (χ0n) is 30.2. The van der Waals surface area contributed by atoms with E-state index in [0.717, 1.165) is 44.7 Å². The first-order valence-corrected chi connectivity index (χ1v) is 19.8. The lowest BCUT2D eigenvalue weighted by molar-refractivity contribution is 0.669. The molecule has 56 heavy (non-hydrogen) atoms. The molecule has 3 heterocycles. The van der Waals surface area contributed by atoms with Crippen molar-refractivity contribution in [2.75, 3.05) is 4.90 Å². The van der Waals surface area contributed by atoms with Gasteiger partial charge in [0.05, 0.1) is 21.4 Å². The van der Waals surface area contributed by atoms with Crippen LogP contribution in [0.3, 0.4) is 0 Å². The molecule has 9 aromatic carbocycles. The molecule has 0 bridgehead atoms. The van der Waals surface area contributed by atoms with E-state index in [1.165, 1.54) is 63.9 Å². The Morgan fingerprint density at radius 3 is 1.91 bits per heavy atom. The maximum absolute atomic E-state index is 6.68. The number of furan rings is 1. The van der Waals surface area contributed by atoms with Gasteiger partial charge in [-0.15, -0.1) is 11.3 Å². The van der Waals surface area contributed by atoms with Crippen LogP contribution in [0, 0.1) is 0 Å². The Morgan fingerprint density at radius 1 is 0.429 bits per heavy atom. The molecule has 0 radical (unpaired) electrons. The Balaban J connectivity index is 1.03. The summed E-state index contributed by atoms with van der Waals surface area (Å²) in [5, 5.41) is 9.75. The largest absolute Gasteiger partial charge is 0.456 e. The van der Waals surface area contributed by atoms with Crippen molar-refractivity contribution in [2.24, 2.45) is 0 Å². The van der Waals surface area contributed by atoms with Crippen LogP contribution in [0.25, 0.3) is 91.5 Å². The van der Waals surface area contributed by atoms with E-state index < -0.39 is 0 Å². The average Bonchev–Trinajstić information content (AvgIpc) is 3.93. The Hall–Kier alpha value is -7.14. The van der Waals surface area contributed by atoms with Crippen LogP contribution < -0.4 is 4.90 Å². The third-order valence-corrected chi connectivity index (χ3v) is 12.6. The predicted octanol–water partition coefficient (Wildman–Crippen LogP) is 15.3. The summed E-state index contributed by atoms with van der Waals surface area (Å²) >= 11 is 1.85. The van der Waals surface area contributed by atoms with Crippen LogP contribution in [0.2, 0.25) is 0 Å². The van der Waals surface area contributed by atoms with Gasteiger partial charge >= 0.3 is 0 Å². The maximum atomic E-state index is 6.68. The van der Waals surface area contributed by atoms with Crippen LogP contribution in [-0.4, -0.2) is 4.57 Å². The smallest absolute Gasteiger partial charge is 0.137 e. The van der Waals surface area contributed by atoms with Gasteiger partial charge in [-0.1, -0.05) is 121 Å². The third-order valence-electron chi connectivity index (χ3n) is 11.4. The molecule has 0 unspecified atom stereocenters. The minimum absolute atomic E-state index is 0.859. The lowest BCUT2D eigenvalue weighted by atomic mass is 9.98. The highest BCUT2D eigenvalue weighted by molar-refractivity contribution is 7.26. The summed E-state index contributed by atoms with van der Waals surface area (Å²) in [4.78, 5) is 2.39. The second kappa shape index (κ2) is 12.2. The molecule has 0 spiro atoms. The minimum atomic E-state index is 0.859. The molecule has 0 amide bonds. The van der Waals surface area contributed by atoms with E-state index >= 15 is 0 Å². The molecule has 0 fully saturated rings. The summed E-state index contributed by atoms with van der Waals surface area (Å²) < 4.78 is 11.6. The summed E-state index contributed by atoms with van der Waals surface area (Å²) in [7, 11) is 0. The normalized spacial score (nSPS) is 11.9. The fourth-order valence-corrected chi connectivity index (χ4v) is 10.0. The van der Waals surface area contributed by atoms with Crippen molar-refractivity contribution >= 4 is 103 Å². The first-order valence-electron chi connectivity index (χ1n) is 19.0. The number of fused-ring (bicyclic) bond motifs is 10. The Kier molecular flexibility index (Phi) is 6.80. The Morgan fingerprint density at radius 2 is 1.09 bits per heavy atom. The van der Waals surface area contributed by atoms with E-state index in [0.29, 0.717) is 0 Å². The van der Waals surface area contributed by atoms with Gasteiger partial charge in [0, 0.05) is 60.1 Å². The lowest BCUT2D eigenvalue weighted by Gasteiger charge is -2.26.